The summed E-state index contributed by atoms with van der Waals surface area (Å²) in [4.78, 5) is 24.1. The first-order valence-electron chi connectivity index (χ1n) is 5.39. The lowest BCUT2D eigenvalue weighted by Crippen LogP contribution is -2.38. The lowest BCUT2D eigenvalue weighted by atomic mass is 10.2. The van der Waals surface area contributed by atoms with Crippen molar-refractivity contribution in [2.45, 2.75) is 38.9 Å². The Hall–Kier alpha value is -1.15. The van der Waals surface area contributed by atoms with Crippen molar-refractivity contribution in [3.8, 4) is 0 Å². The molecule has 1 heterocycles. The summed E-state index contributed by atoms with van der Waals surface area (Å²) in [5.41, 5.74) is -0.715. The first-order valence-corrected chi connectivity index (χ1v) is 7.21. The third kappa shape index (κ3) is 4.61. The van der Waals surface area contributed by atoms with Crippen LogP contribution in [0.4, 0.5) is 4.79 Å². The van der Waals surface area contributed by atoms with Gasteiger partial charge in [0.1, 0.15) is 11.7 Å². The Kier molecular flexibility index (Phi) is 4.02. The molecule has 104 valence electrons. The van der Waals surface area contributed by atoms with Crippen LogP contribution in [0.25, 0.3) is 0 Å². The predicted octanol–water partition coefficient (Wildman–Crippen LogP) is 0.499. The molecule has 18 heavy (non-hydrogen) atoms. The molecule has 1 aliphatic rings. The van der Waals surface area contributed by atoms with E-state index in [2.05, 4.69) is 4.18 Å². The quantitative estimate of drug-likeness (QED) is 0.684. The highest BCUT2D eigenvalue weighted by atomic mass is 32.2. The van der Waals surface area contributed by atoms with Crippen LogP contribution in [0, 0.1) is 0 Å². The van der Waals surface area contributed by atoms with E-state index in [0.29, 0.717) is 0 Å². The first kappa shape index (κ1) is 14.9. The van der Waals surface area contributed by atoms with Gasteiger partial charge in [0.15, 0.2) is 0 Å². The third-order valence-corrected chi connectivity index (χ3v) is 2.64. The van der Waals surface area contributed by atoms with Crippen LogP contribution >= 0.6 is 0 Å². The summed E-state index contributed by atoms with van der Waals surface area (Å²) >= 11 is 0. The highest BCUT2D eigenvalue weighted by molar-refractivity contribution is 7.86. The van der Waals surface area contributed by atoms with E-state index in [1.807, 2.05) is 0 Å². The van der Waals surface area contributed by atoms with Crippen LogP contribution in [-0.4, -0.2) is 49.8 Å². The minimum absolute atomic E-state index is 0.110. The SMILES string of the molecule is CC(C)(C)OC(=O)N1CC(OS(C)(=O)=O)CC1=O. The second kappa shape index (κ2) is 4.85. The van der Waals surface area contributed by atoms with Crippen LogP contribution in [0.5, 0.6) is 0 Å². The average molecular weight is 279 g/mol. The van der Waals surface area contributed by atoms with Gasteiger partial charge >= 0.3 is 6.09 Å². The number of likely N-dealkylation sites (tertiary alicyclic amines) is 1. The number of nitrogens with zero attached hydrogens (tertiary/aromatic N) is 1. The molecule has 1 rings (SSSR count). The Bertz CT molecular complexity index is 449. The Morgan fingerprint density at radius 2 is 1.94 bits per heavy atom. The van der Waals surface area contributed by atoms with Crippen LogP contribution in [0.3, 0.4) is 0 Å². The van der Waals surface area contributed by atoms with Gasteiger partial charge in [0.05, 0.1) is 19.2 Å². The predicted molar refractivity (Wildman–Crippen MR) is 62.3 cm³/mol. The van der Waals surface area contributed by atoms with Gasteiger partial charge in [0.2, 0.25) is 5.91 Å². The van der Waals surface area contributed by atoms with Crippen molar-refractivity contribution < 1.29 is 26.9 Å². The van der Waals surface area contributed by atoms with Gasteiger partial charge < -0.3 is 4.74 Å². The van der Waals surface area contributed by atoms with Gasteiger partial charge in [-0.05, 0) is 20.8 Å². The highest BCUT2D eigenvalue weighted by Crippen LogP contribution is 2.19. The summed E-state index contributed by atoms with van der Waals surface area (Å²) in [5, 5.41) is 0. The second-order valence-electron chi connectivity index (χ2n) is 5.11. The maximum absolute atomic E-state index is 11.7. The van der Waals surface area contributed by atoms with Gasteiger partial charge in [-0.3, -0.25) is 8.98 Å². The van der Waals surface area contributed by atoms with E-state index in [9.17, 15) is 18.0 Å². The molecule has 1 unspecified atom stereocenters. The van der Waals surface area contributed by atoms with Crippen molar-refractivity contribution in [2.24, 2.45) is 0 Å². The van der Waals surface area contributed by atoms with Crippen molar-refractivity contribution in [3.05, 3.63) is 0 Å². The smallest absolute Gasteiger partial charge is 0.417 e. The Balaban J connectivity index is 2.65. The average Bonchev–Trinajstić information content (AvgIpc) is 2.39. The Morgan fingerprint density at radius 1 is 1.39 bits per heavy atom. The number of rotatable bonds is 2. The van der Waals surface area contributed by atoms with Gasteiger partial charge in [-0.25, -0.2) is 9.69 Å². The number of hydrogen-bond donors (Lipinski definition) is 0. The molecule has 1 fully saturated rings. The summed E-state index contributed by atoms with van der Waals surface area (Å²) < 4.78 is 31.6. The molecule has 2 amide bonds. The van der Waals surface area contributed by atoms with E-state index < -0.39 is 33.8 Å². The molecular weight excluding hydrogens is 262 g/mol. The van der Waals surface area contributed by atoms with E-state index in [-0.39, 0.29) is 13.0 Å². The zero-order valence-corrected chi connectivity index (χ0v) is 11.6. The summed E-state index contributed by atoms with van der Waals surface area (Å²) in [7, 11) is -3.65. The molecule has 0 aromatic rings. The summed E-state index contributed by atoms with van der Waals surface area (Å²) in [6.45, 7) is 4.92. The molecule has 0 bridgehead atoms. The molecule has 0 spiro atoms. The second-order valence-corrected chi connectivity index (χ2v) is 6.71. The molecule has 0 saturated carbocycles. The van der Waals surface area contributed by atoms with Crippen molar-refractivity contribution in [2.75, 3.05) is 12.8 Å². The van der Waals surface area contributed by atoms with Crippen molar-refractivity contribution in [3.63, 3.8) is 0 Å². The molecule has 1 atom stereocenters. The number of carbonyl (C=O) groups excluding carboxylic acids is 2. The van der Waals surface area contributed by atoms with Crippen LogP contribution in [0.2, 0.25) is 0 Å². The van der Waals surface area contributed by atoms with E-state index in [4.69, 9.17) is 4.74 Å². The lowest BCUT2D eigenvalue weighted by molar-refractivity contribution is -0.127. The third-order valence-electron chi connectivity index (χ3n) is 2.01. The van der Waals surface area contributed by atoms with Crippen molar-refractivity contribution >= 4 is 22.1 Å². The zero-order chi connectivity index (χ0) is 14.1. The molecule has 0 radical (unpaired) electrons. The fraction of sp³-hybridized carbons (Fsp3) is 0.800. The van der Waals surface area contributed by atoms with E-state index in [0.717, 1.165) is 11.2 Å². The molecule has 0 aromatic carbocycles. The first-order chi connectivity index (χ1) is 7.98. The minimum Gasteiger partial charge on any atom is -0.443 e. The summed E-state index contributed by atoms with van der Waals surface area (Å²) in [5.74, 6) is -0.502. The molecule has 1 aliphatic heterocycles. The number of imide groups is 1. The number of carbonyl (C=O) groups is 2. The highest BCUT2D eigenvalue weighted by Gasteiger charge is 2.38. The fourth-order valence-electron chi connectivity index (χ4n) is 1.48. The molecule has 0 aliphatic carbocycles. The van der Waals surface area contributed by atoms with Gasteiger partial charge in [-0.1, -0.05) is 0 Å². The molecular formula is C10H17NO6S. The van der Waals surface area contributed by atoms with Crippen molar-refractivity contribution in [1.82, 2.24) is 4.90 Å². The number of ether oxygens (including phenoxy) is 1. The Morgan fingerprint density at radius 3 is 2.39 bits per heavy atom. The van der Waals surface area contributed by atoms with Gasteiger partial charge in [0.25, 0.3) is 10.1 Å². The molecule has 1 saturated heterocycles. The topological polar surface area (TPSA) is 90.0 Å². The zero-order valence-electron chi connectivity index (χ0n) is 10.8. The van der Waals surface area contributed by atoms with Gasteiger partial charge in [-0.2, -0.15) is 8.42 Å². The van der Waals surface area contributed by atoms with E-state index in [1.54, 1.807) is 20.8 Å². The largest absolute Gasteiger partial charge is 0.443 e. The summed E-state index contributed by atoms with van der Waals surface area (Å²) in [6.07, 6.45) is -0.868. The molecule has 7 nitrogen and oxygen atoms in total. The van der Waals surface area contributed by atoms with Crippen LogP contribution in [-0.2, 0) is 23.8 Å². The summed E-state index contributed by atoms with van der Waals surface area (Å²) in [6, 6.07) is 0. The normalized spacial score (nSPS) is 21.2. The molecule has 0 aromatic heterocycles. The van der Waals surface area contributed by atoms with Gasteiger partial charge in [-0.15, -0.1) is 0 Å². The van der Waals surface area contributed by atoms with Crippen molar-refractivity contribution in [1.29, 1.82) is 0 Å². The van der Waals surface area contributed by atoms with Gasteiger partial charge in [0, 0.05) is 0 Å². The van der Waals surface area contributed by atoms with E-state index in [1.165, 1.54) is 0 Å². The van der Waals surface area contributed by atoms with Crippen LogP contribution in [0.15, 0.2) is 0 Å². The van der Waals surface area contributed by atoms with Crippen LogP contribution < -0.4 is 0 Å². The van der Waals surface area contributed by atoms with Crippen LogP contribution in [0.1, 0.15) is 27.2 Å². The van der Waals surface area contributed by atoms with E-state index >= 15 is 0 Å². The standard InChI is InChI=1S/C10H17NO6S/c1-10(2,3)16-9(13)11-6-7(5-8(11)12)17-18(4,14)15/h7H,5-6H2,1-4H3. The number of hydrogen-bond acceptors (Lipinski definition) is 6. The lowest BCUT2D eigenvalue weighted by Gasteiger charge is -2.23. The Labute approximate surface area is 106 Å². The molecule has 0 N–H and O–H groups in total. The minimum atomic E-state index is -3.65. The maximum Gasteiger partial charge on any atom is 0.417 e. The number of amides is 2. The fourth-order valence-corrected chi connectivity index (χ4v) is 2.10. The monoisotopic (exact) mass is 279 g/mol. The molecule has 8 heteroatoms. The maximum atomic E-state index is 11.7.